The number of aryl methyl sites for hydroxylation is 2. The Morgan fingerprint density at radius 3 is 2.63 bits per heavy atom. The number of benzene rings is 1. The number of halogens is 1. The van der Waals surface area contributed by atoms with Crippen molar-refractivity contribution in [3.05, 3.63) is 47.0 Å². The fourth-order valence-electron chi connectivity index (χ4n) is 1.62. The third-order valence-corrected chi connectivity index (χ3v) is 2.51. The molecule has 0 amide bonds. The van der Waals surface area contributed by atoms with Crippen LogP contribution in [0.1, 0.15) is 21.7 Å². The number of rotatable bonds is 3. The van der Waals surface area contributed by atoms with Crippen LogP contribution in [0.4, 0.5) is 16.0 Å². The number of hydrogen-bond donors (Lipinski definition) is 2. The van der Waals surface area contributed by atoms with Crippen LogP contribution in [0.25, 0.3) is 0 Å². The Balaban J connectivity index is 2.35. The van der Waals surface area contributed by atoms with Crippen molar-refractivity contribution < 1.29 is 14.3 Å². The van der Waals surface area contributed by atoms with E-state index in [0.717, 1.165) is 0 Å². The van der Waals surface area contributed by atoms with Crippen LogP contribution in [0.15, 0.2) is 24.3 Å². The van der Waals surface area contributed by atoms with Crippen LogP contribution in [0.5, 0.6) is 0 Å². The highest BCUT2D eigenvalue weighted by atomic mass is 19.1. The van der Waals surface area contributed by atoms with E-state index < -0.39 is 5.97 Å². The second-order valence-corrected chi connectivity index (χ2v) is 4.11. The smallest absolute Gasteiger partial charge is 0.354 e. The Kier molecular flexibility index (Phi) is 3.41. The summed E-state index contributed by atoms with van der Waals surface area (Å²) in [4.78, 5) is 18.9. The summed E-state index contributed by atoms with van der Waals surface area (Å²) in [5.41, 5.74) is 1.76. The van der Waals surface area contributed by atoms with Crippen molar-refractivity contribution in [1.29, 1.82) is 0 Å². The van der Waals surface area contributed by atoms with E-state index in [4.69, 9.17) is 5.11 Å². The van der Waals surface area contributed by atoms with Crippen LogP contribution in [0, 0.1) is 19.7 Å². The van der Waals surface area contributed by atoms with Crippen molar-refractivity contribution in [2.24, 2.45) is 0 Å². The van der Waals surface area contributed by atoms with Gasteiger partial charge in [-0.2, -0.15) is 0 Å². The largest absolute Gasteiger partial charge is 0.477 e. The molecule has 1 heterocycles. The third kappa shape index (κ3) is 3.04. The zero-order valence-electron chi connectivity index (χ0n) is 10.4. The topological polar surface area (TPSA) is 75.1 Å². The van der Waals surface area contributed by atoms with E-state index in [1.54, 1.807) is 19.9 Å². The van der Waals surface area contributed by atoms with Gasteiger partial charge in [0.05, 0.1) is 0 Å². The number of nitrogens with one attached hydrogen (secondary N) is 1. The van der Waals surface area contributed by atoms with Crippen LogP contribution in [0.2, 0.25) is 0 Å². The summed E-state index contributed by atoms with van der Waals surface area (Å²) in [6, 6.07) is 5.61. The van der Waals surface area contributed by atoms with Gasteiger partial charge < -0.3 is 10.4 Å². The van der Waals surface area contributed by atoms with E-state index >= 15 is 0 Å². The summed E-state index contributed by atoms with van der Waals surface area (Å²) in [5, 5.41) is 11.8. The first kappa shape index (κ1) is 12.9. The van der Waals surface area contributed by atoms with Gasteiger partial charge in [-0.15, -0.1) is 0 Å². The lowest BCUT2D eigenvalue weighted by Crippen LogP contribution is -2.07. The maximum atomic E-state index is 13.0. The van der Waals surface area contributed by atoms with Crippen LogP contribution in [0.3, 0.4) is 0 Å². The molecule has 0 aliphatic carbocycles. The lowest BCUT2D eigenvalue weighted by molar-refractivity contribution is 0.0690. The van der Waals surface area contributed by atoms with Gasteiger partial charge in [0.2, 0.25) is 5.95 Å². The van der Waals surface area contributed by atoms with Gasteiger partial charge in [0.15, 0.2) is 5.69 Å². The maximum Gasteiger partial charge on any atom is 0.354 e. The Labute approximate surface area is 109 Å². The van der Waals surface area contributed by atoms with Crippen LogP contribution >= 0.6 is 0 Å². The van der Waals surface area contributed by atoms with Crippen molar-refractivity contribution >= 4 is 17.6 Å². The number of carboxylic acids is 1. The molecule has 0 fully saturated rings. The van der Waals surface area contributed by atoms with Gasteiger partial charge in [0, 0.05) is 11.4 Å². The summed E-state index contributed by atoms with van der Waals surface area (Å²) in [6.07, 6.45) is 0. The van der Waals surface area contributed by atoms with Gasteiger partial charge in [0.25, 0.3) is 0 Å². The van der Waals surface area contributed by atoms with E-state index in [1.807, 2.05) is 0 Å². The molecule has 2 rings (SSSR count). The average Bonchev–Trinajstić information content (AvgIpc) is 2.32. The van der Waals surface area contributed by atoms with E-state index in [0.29, 0.717) is 16.9 Å². The molecule has 0 spiro atoms. The minimum Gasteiger partial charge on any atom is -0.477 e. The molecule has 0 radical (unpaired) electrons. The highest BCUT2D eigenvalue weighted by Gasteiger charge is 2.09. The van der Waals surface area contributed by atoms with Crippen molar-refractivity contribution in [2.75, 3.05) is 5.32 Å². The second-order valence-electron chi connectivity index (χ2n) is 4.11. The molecule has 19 heavy (non-hydrogen) atoms. The summed E-state index contributed by atoms with van der Waals surface area (Å²) < 4.78 is 13.0. The fourth-order valence-corrected chi connectivity index (χ4v) is 1.62. The zero-order chi connectivity index (χ0) is 14.0. The van der Waals surface area contributed by atoms with Crippen molar-refractivity contribution in [1.82, 2.24) is 9.97 Å². The number of anilines is 2. The molecular weight excluding hydrogens is 249 g/mol. The molecule has 2 aromatic rings. The lowest BCUT2D eigenvalue weighted by Gasteiger charge is -2.09. The van der Waals surface area contributed by atoms with E-state index in [2.05, 4.69) is 15.3 Å². The van der Waals surface area contributed by atoms with Gasteiger partial charge in [-0.3, -0.25) is 0 Å². The van der Waals surface area contributed by atoms with Gasteiger partial charge in [-0.1, -0.05) is 0 Å². The second kappa shape index (κ2) is 5.01. The standard InChI is InChI=1S/C13H12FN3O2/c1-7-5-9(14)3-4-10(7)16-13-15-8(2)6-11(17-13)12(18)19/h3-6H,1-2H3,(H,18,19)(H,15,16,17). The molecule has 6 heteroatoms. The molecule has 0 bridgehead atoms. The minimum absolute atomic E-state index is 0.0882. The molecule has 98 valence electrons. The Morgan fingerprint density at radius 1 is 1.26 bits per heavy atom. The Hall–Kier alpha value is -2.50. The van der Waals surface area contributed by atoms with Crippen LogP contribution in [-0.4, -0.2) is 21.0 Å². The summed E-state index contributed by atoms with van der Waals surface area (Å²) >= 11 is 0. The molecule has 2 N–H and O–H groups in total. The van der Waals surface area contributed by atoms with Crippen molar-refractivity contribution in [3.63, 3.8) is 0 Å². The predicted molar refractivity (Wildman–Crippen MR) is 68.1 cm³/mol. The summed E-state index contributed by atoms with van der Waals surface area (Å²) in [5.74, 6) is -1.28. The summed E-state index contributed by atoms with van der Waals surface area (Å²) in [7, 11) is 0. The third-order valence-electron chi connectivity index (χ3n) is 2.51. The van der Waals surface area contributed by atoms with Gasteiger partial charge >= 0.3 is 5.97 Å². The number of nitrogens with zero attached hydrogens (tertiary/aromatic N) is 2. The van der Waals surface area contributed by atoms with Gasteiger partial charge in [-0.05, 0) is 43.7 Å². The van der Waals surface area contributed by atoms with Crippen molar-refractivity contribution in [3.8, 4) is 0 Å². The number of hydrogen-bond acceptors (Lipinski definition) is 4. The van der Waals surface area contributed by atoms with Gasteiger partial charge in [0.1, 0.15) is 5.82 Å². The van der Waals surface area contributed by atoms with E-state index in [-0.39, 0.29) is 17.5 Å². The molecule has 0 aliphatic heterocycles. The Morgan fingerprint density at radius 2 is 2.00 bits per heavy atom. The number of aromatic carboxylic acids is 1. The normalized spacial score (nSPS) is 10.3. The first-order valence-electron chi connectivity index (χ1n) is 5.58. The maximum absolute atomic E-state index is 13.0. The molecule has 0 atom stereocenters. The molecule has 0 saturated carbocycles. The van der Waals surface area contributed by atoms with Crippen LogP contribution in [-0.2, 0) is 0 Å². The highest BCUT2D eigenvalue weighted by Crippen LogP contribution is 2.19. The average molecular weight is 261 g/mol. The zero-order valence-corrected chi connectivity index (χ0v) is 10.4. The first-order valence-corrected chi connectivity index (χ1v) is 5.58. The predicted octanol–water partition coefficient (Wildman–Crippen LogP) is 2.67. The first-order chi connectivity index (χ1) is 8.95. The molecule has 1 aromatic heterocycles. The monoisotopic (exact) mass is 261 g/mol. The molecule has 0 saturated heterocycles. The Bertz CT molecular complexity index is 644. The molecule has 1 aromatic carbocycles. The van der Waals surface area contributed by atoms with E-state index in [9.17, 15) is 9.18 Å². The van der Waals surface area contributed by atoms with Gasteiger partial charge in [-0.25, -0.2) is 19.2 Å². The van der Waals surface area contributed by atoms with Crippen LogP contribution < -0.4 is 5.32 Å². The fraction of sp³-hybridized carbons (Fsp3) is 0.154. The SMILES string of the molecule is Cc1cc(C(=O)O)nc(Nc2ccc(F)cc2C)n1. The molecule has 0 aliphatic rings. The highest BCUT2D eigenvalue weighted by molar-refractivity contribution is 5.85. The lowest BCUT2D eigenvalue weighted by atomic mass is 10.2. The molecular formula is C13H12FN3O2. The summed E-state index contributed by atoms with van der Waals surface area (Å²) in [6.45, 7) is 3.41. The van der Waals surface area contributed by atoms with Crippen molar-refractivity contribution in [2.45, 2.75) is 13.8 Å². The number of carboxylic acid groups (broad SMARTS) is 1. The number of aromatic nitrogens is 2. The quantitative estimate of drug-likeness (QED) is 0.888. The molecule has 5 nitrogen and oxygen atoms in total. The van der Waals surface area contributed by atoms with E-state index in [1.165, 1.54) is 18.2 Å². The minimum atomic E-state index is -1.12. The molecule has 0 unspecified atom stereocenters. The number of carbonyl (C=O) groups is 1.